The fourth-order valence-electron chi connectivity index (χ4n) is 2.57. The van der Waals surface area contributed by atoms with Crippen molar-refractivity contribution in [2.75, 3.05) is 0 Å². The molecular formula is C20H22O3. The molecule has 0 radical (unpaired) electrons. The molecule has 0 saturated heterocycles. The first kappa shape index (κ1) is 16.9. The number of aliphatic hydroxyl groups excluding tert-OH is 1. The van der Waals surface area contributed by atoms with Crippen molar-refractivity contribution in [3.05, 3.63) is 64.3 Å². The van der Waals surface area contributed by atoms with Crippen LogP contribution in [0.25, 0.3) is 5.76 Å². The van der Waals surface area contributed by atoms with E-state index in [9.17, 15) is 14.7 Å². The van der Waals surface area contributed by atoms with Crippen LogP contribution >= 0.6 is 0 Å². The van der Waals surface area contributed by atoms with Gasteiger partial charge in [-0.2, -0.15) is 0 Å². The van der Waals surface area contributed by atoms with Gasteiger partial charge in [0.15, 0.2) is 0 Å². The maximum absolute atomic E-state index is 12.2. The molecule has 0 heterocycles. The highest BCUT2D eigenvalue weighted by molar-refractivity contribution is 6.52. The predicted molar refractivity (Wildman–Crippen MR) is 92.4 cm³/mol. The molecule has 0 unspecified atom stereocenters. The van der Waals surface area contributed by atoms with Gasteiger partial charge >= 0.3 is 0 Å². The third-order valence-electron chi connectivity index (χ3n) is 3.94. The van der Waals surface area contributed by atoms with Gasteiger partial charge in [-0.3, -0.25) is 9.59 Å². The minimum atomic E-state index is -0.602. The van der Waals surface area contributed by atoms with Crippen LogP contribution in [0.1, 0.15) is 56.0 Å². The molecule has 0 aliphatic heterocycles. The van der Waals surface area contributed by atoms with Crippen molar-refractivity contribution in [1.82, 2.24) is 0 Å². The monoisotopic (exact) mass is 310 g/mol. The molecule has 3 nitrogen and oxygen atoms in total. The van der Waals surface area contributed by atoms with E-state index in [1.165, 1.54) is 5.57 Å². The van der Waals surface area contributed by atoms with Gasteiger partial charge < -0.3 is 5.11 Å². The van der Waals surface area contributed by atoms with Crippen molar-refractivity contribution in [2.45, 2.75) is 40.0 Å². The normalized spacial score (nSPS) is 14.8. The number of hydrogen-bond donors (Lipinski definition) is 1. The summed E-state index contributed by atoms with van der Waals surface area (Å²) in [6, 6.07) is 6.68. The Hall–Kier alpha value is -2.42. The molecule has 1 aromatic rings. The number of hydrogen-bond acceptors (Lipinski definition) is 3. The van der Waals surface area contributed by atoms with Crippen LogP contribution in [-0.2, 0) is 4.79 Å². The molecule has 0 aromatic heterocycles. The highest BCUT2D eigenvalue weighted by atomic mass is 16.3. The molecule has 0 saturated carbocycles. The van der Waals surface area contributed by atoms with E-state index in [0.717, 1.165) is 18.4 Å². The van der Waals surface area contributed by atoms with E-state index in [1.807, 2.05) is 13.0 Å². The molecule has 23 heavy (non-hydrogen) atoms. The summed E-state index contributed by atoms with van der Waals surface area (Å²) in [6.45, 7) is 6.12. The van der Waals surface area contributed by atoms with Gasteiger partial charge in [0.05, 0.1) is 0 Å². The lowest BCUT2D eigenvalue weighted by Gasteiger charge is -2.16. The lowest BCUT2D eigenvalue weighted by molar-refractivity contribution is -0.112. The average molecular weight is 310 g/mol. The zero-order valence-corrected chi connectivity index (χ0v) is 13.8. The summed E-state index contributed by atoms with van der Waals surface area (Å²) in [4.78, 5) is 24.3. The zero-order valence-electron chi connectivity index (χ0n) is 13.8. The van der Waals surface area contributed by atoms with Gasteiger partial charge in [-0.05, 0) is 40.0 Å². The van der Waals surface area contributed by atoms with E-state index >= 15 is 0 Å². The number of benzene rings is 1. The van der Waals surface area contributed by atoms with Gasteiger partial charge in [-0.15, -0.1) is 0 Å². The van der Waals surface area contributed by atoms with Crippen molar-refractivity contribution < 1.29 is 14.7 Å². The molecule has 0 atom stereocenters. The summed E-state index contributed by atoms with van der Waals surface area (Å²) in [6.07, 6.45) is 6.22. The molecule has 0 amide bonds. The van der Waals surface area contributed by atoms with Gasteiger partial charge in [-0.25, -0.2) is 0 Å². The second-order valence-electron chi connectivity index (χ2n) is 6.11. The SMILES string of the molecule is CC(C)=CCC/C(C)=C\CC1=C(O)c2ccccc2C(=O)C1=O. The molecule has 1 aliphatic rings. The van der Waals surface area contributed by atoms with Crippen LogP contribution in [0.3, 0.4) is 0 Å². The largest absolute Gasteiger partial charge is 0.507 e. The van der Waals surface area contributed by atoms with E-state index in [0.29, 0.717) is 5.56 Å². The first-order valence-electron chi connectivity index (χ1n) is 7.81. The van der Waals surface area contributed by atoms with E-state index < -0.39 is 11.6 Å². The molecule has 0 spiro atoms. The highest BCUT2D eigenvalue weighted by Crippen LogP contribution is 2.29. The van der Waals surface area contributed by atoms with Crippen molar-refractivity contribution in [3.63, 3.8) is 0 Å². The Balaban J connectivity index is 2.20. The maximum Gasteiger partial charge on any atom is 0.234 e. The van der Waals surface area contributed by atoms with E-state index in [4.69, 9.17) is 0 Å². The summed E-state index contributed by atoms with van der Waals surface area (Å²) in [5.74, 6) is -1.21. The van der Waals surface area contributed by atoms with Crippen LogP contribution in [0.2, 0.25) is 0 Å². The van der Waals surface area contributed by atoms with Crippen LogP contribution < -0.4 is 0 Å². The van der Waals surface area contributed by atoms with Gasteiger partial charge in [0.25, 0.3) is 0 Å². The Labute approximate surface area is 137 Å². The van der Waals surface area contributed by atoms with Crippen molar-refractivity contribution in [1.29, 1.82) is 0 Å². The molecule has 3 heteroatoms. The number of carbonyl (C=O) groups is 2. The standard InChI is InChI=1S/C20H22O3/c1-13(2)7-6-8-14(3)11-12-17-18(21)15-9-4-5-10-16(15)19(22)20(17)23/h4-5,7,9-11,21H,6,8,12H2,1-3H3/b14-11-. The highest BCUT2D eigenvalue weighted by Gasteiger charge is 2.31. The molecule has 1 aliphatic carbocycles. The van der Waals surface area contributed by atoms with Crippen LogP contribution in [0.5, 0.6) is 0 Å². The van der Waals surface area contributed by atoms with E-state index in [-0.39, 0.29) is 23.3 Å². The first-order valence-corrected chi connectivity index (χ1v) is 7.81. The summed E-state index contributed by atoms with van der Waals surface area (Å²) >= 11 is 0. The summed E-state index contributed by atoms with van der Waals surface area (Å²) < 4.78 is 0. The Morgan fingerprint density at radius 3 is 2.30 bits per heavy atom. The summed E-state index contributed by atoms with van der Waals surface area (Å²) in [5, 5.41) is 10.3. The minimum absolute atomic E-state index is 0.0708. The number of allylic oxidation sites excluding steroid dienone is 5. The molecule has 2 rings (SSSR count). The Morgan fingerprint density at radius 2 is 1.65 bits per heavy atom. The van der Waals surface area contributed by atoms with Gasteiger partial charge in [-0.1, -0.05) is 47.6 Å². The second-order valence-corrected chi connectivity index (χ2v) is 6.11. The van der Waals surface area contributed by atoms with Gasteiger partial charge in [0.1, 0.15) is 5.76 Å². The minimum Gasteiger partial charge on any atom is -0.507 e. The molecule has 0 fully saturated rings. The number of rotatable bonds is 5. The first-order chi connectivity index (χ1) is 10.9. The zero-order chi connectivity index (χ0) is 17.0. The number of aliphatic hydroxyl groups is 1. The van der Waals surface area contributed by atoms with Gasteiger partial charge in [0, 0.05) is 16.7 Å². The van der Waals surface area contributed by atoms with Crippen LogP contribution in [-0.4, -0.2) is 16.7 Å². The number of carbonyl (C=O) groups excluding carboxylic acids is 2. The summed E-state index contributed by atoms with van der Waals surface area (Å²) in [7, 11) is 0. The maximum atomic E-state index is 12.2. The van der Waals surface area contributed by atoms with E-state index in [2.05, 4.69) is 19.9 Å². The number of Topliss-reactive ketones (excluding diaryl/α,β-unsaturated/α-hetero) is 2. The van der Waals surface area contributed by atoms with Crippen LogP contribution in [0.4, 0.5) is 0 Å². The summed E-state index contributed by atoms with van der Waals surface area (Å²) in [5.41, 5.74) is 3.34. The number of ketones is 2. The lowest BCUT2D eigenvalue weighted by atomic mass is 9.87. The molecule has 1 N–H and O–H groups in total. The third kappa shape index (κ3) is 3.86. The fraction of sp³-hybridized carbons (Fsp3) is 0.300. The van der Waals surface area contributed by atoms with Crippen LogP contribution in [0, 0.1) is 0 Å². The third-order valence-corrected chi connectivity index (χ3v) is 3.94. The average Bonchev–Trinajstić information content (AvgIpc) is 2.52. The lowest BCUT2D eigenvalue weighted by Crippen LogP contribution is -2.23. The van der Waals surface area contributed by atoms with Gasteiger partial charge in [0.2, 0.25) is 11.6 Å². The Morgan fingerprint density at radius 1 is 1.00 bits per heavy atom. The topological polar surface area (TPSA) is 54.4 Å². The molecule has 120 valence electrons. The number of fused-ring (bicyclic) bond motifs is 1. The Kier molecular flexibility index (Phi) is 5.32. The Bertz CT molecular complexity index is 729. The fourth-order valence-corrected chi connectivity index (χ4v) is 2.57. The van der Waals surface area contributed by atoms with E-state index in [1.54, 1.807) is 24.3 Å². The smallest absolute Gasteiger partial charge is 0.234 e. The van der Waals surface area contributed by atoms with Crippen LogP contribution in [0.15, 0.2) is 53.1 Å². The van der Waals surface area contributed by atoms with Crippen molar-refractivity contribution in [2.24, 2.45) is 0 Å². The van der Waals surface area contributed by atoms with Crippen molar-refractivity contribution in [3.8, 4) is 0 Å². The second kappa shape index (κ2) is 7.23. The predicted octanol–water partition coefficient (Wildman–Crippen LogP) is 4.80. The molecular weight excluding hydrogens is 288 g/mol. The molecule has 1 aromatic carbocycles. The molecule has 0 bridgehead atoms. The van der Waals surface area contributed by atoms with Crippen molar-refractivity contribution >= 4 is 17.3 Å². The quantitative estimate of drug-likeness (QED) is 0.627.